The van der Waals surface area contributed by atoms with E-state index in [-0.39, 0.29) is 17.3 Å². The van der Waals surface area contributed by atoms with E-state index in [1.54, 1.807) is 24.3 Å². The van der Waals surface area contributed by atoms with Gasteiger partial charge in [0.1, 0.15) is 5.75 Å². The first-order chi connectivity index (χ1) is 10.1. The predicted molar refractivity (Wildman–Crippen MR) is 88.1 cm³/mol. The summed E-state index contributed by atoms with van der Waals surface area (Å²) in [4.78, 5) is 11.8. The van der Waals surface area contributed by atoms with Gasteiger partial charge in [0.15, 0.2) is 6.61 Å². The fourth-order valence-corrected chi connectivity index (χ4v) is 2.31. The monoisotopic (exact) mass is 367 g/mol. The van der Waals surface area contributed by atoms with Gasteiger partial charge in [0.25, 0.3) is 5.91 Å². The van der Waals surface area contributed by atoms with Crippen LogP contribution in [0.3, 0.4) is 0 Å². The van der Waals surface area contributed by atoms with Crippen LogP contribution in [0.15, 0.2) is 54.6 Å². The molecule has 0 bridgehead atoms. The Morgan fingerprint density at radius 3 is 2.48 bits per heavy atom. The first kappa shape index (κ1) is 15.9. The van der Waals surface area contributed by atoms with Crippen LogP contribution in [0.2, 0.25) is 5.02 Å². The fourth-order valence-electron chi connectivity index (χ4n) is 1.71. The van der Waals surface area contributed by atoms with Crippen molar-refractivity contribution in [3.8, 4) is 5.75 Å². The van der Waals surface area contributed by atoms with Crippen LogP contribution in [0.4, 0.5) is 0 Å². The van der Waals surface area contributed by atoms with E-state index in [2.05, 4.69) is 21.2 Å². The van der Waals surface area contributed by atoms with E-state index in [0.29, 0.717) is 17.3 Å². The highest BCUT2D eigenvalue weighted by Crippen LogP contribution is 2.21. The molecule has 1 atom stereocenters. The molecule has 0 saturated carbocycles. The Bertz CT molecular complexity index is 575. The van der Waals surface area contributed by atoms with Crippen LogP contribution >= 0.6 is 27.5 Å². The Morgan fingerprint density at radius 2 is 1.81 bits per heavy atom. The van der Waals surface area contributed by atoms with Crippen molar-refractivity contribution in [2.24, 2.45) is 0 Å². The number of alkyl halides is 1. The first-order valence-corrected chi connectivity index (χ1v) is 7.78. The van der Waals surface area contributed by atoms with Crippen molar-refractivity contribution in [1.29, 1.82) is 0 Å². The summed E-state index contributed by atoms with van der Waals surface area (Å²) in [5.74, 6) is 0.457. The smallest absolute Gasteiger partial charge is 0.257 e. The molecule has 0 radical (unpaired) electrons. The molecule has 0 aliphatic carbocycles. The predicted octanol–water partition coefficient (Wildman–Crippen LogP) is 3.97. The van der Waals surface area contributed by atoms with E-state index in [9.17, 15) is 4.79 Å². The second-order valence-electron chi connectivity index (χ2n) is 4.42. The SMILES string of the molecule is O=C(COc1ccc(Cl)cc1)NCC(Br)c1ccccc1. The normalized spacial score (nSPS) is 11.7. The maximum atomic E-state index is 11.7. The van der Waals surface area contributed by atoms with Crippen molar-refractivity contribution >= 4 is 33.4 Å². The molecule has 0 aliphatic rings. The first-order valence-electron chi connectivity index (χ1n) is 6.49. The largest absolute Gasteiger partial charge is 0.484 e. The van der Waals surface area contributed by atoms with E-state index < -0.39 is 0 Å². The van der Waals surface area contributed by atoms with Gasteiger partial charge in [-0.3, -0.25) is 4.79 Å². The van der Waals surface area contributed by atoms with E-state index >= 15 is 0 Å². The molecule has 2 rings (SSSR count). The average molecular weight is 369 g/mol. The van der Waals surface area contributed by atoms with Gasteiger partial charge in [-0.25, -0.2) is 0 Å². The maximum absolute atomic E-state index is 11.7. The average Bonchev–Trinajstić information content (AvgIpc) is 2.53. The second kappa shape index (κ2) is 8.05. The number of halogens is 2. The lowest BCUT2D eigenvalue weighted by Gasteiger charge is -2.12. The minimum atomic E-state index is -0.162. The molecule has 0 aliphatic heterocycles. The van der Waals surface area contributed by atoms with Gasteiger partial charge in [-0.15, -0.1) is 0 Å². The molecule has 21 heavy (non-hydrogen) atoms. The van der Waals surface area contributed by atoms with Crippen LogP contribution < -0.4 is 10.1 Å². The van der Waals surface area contributed by atoms with Gasteiger partial charge in [0.2, 0.25) is 0 Å². The number of hydrogen-bond donors (Lipinski definition) is 1. The molecule has 0 aromatic heterocycles. The van der Waals surface area contributed by atoms with Crippen LogP contribution in [0.5, 0.6) is 5.75 Å². The topological polar surface area (TPSA) is 38.3 Å². The number of benzene rings is 2. The number of rotatable bonds is 6. The number of ether oxygens (including phenoxy) is 1. The number of carbonyl (C=O) groups excluding carboxylic acids is 1. The van der Waals surface area contributed by atoms with Gasteiger partial charge in [-0.05, 0) is 29.8 Å². The van der Waals surface area contributed by atoms with Crippen molar-refractivity contribution < 1.29 is 9.53 Å². The molecule has 110 valence electrons. The third kappa shape index (κ3) is 5.40. The zero-order valence-corrected chi connectivity index (χ0v) is 13.6. The van der Waals surface area contributed by atoms with Crippen molar-refractivity contribution in [1.82, 2.24) is 5.32 Å². The molecule has 0 spiro atoms. The summed E-state index contributed by atoms with van der Waals surface area (Å²) >= 11 is 9.33. The summed E-state index contributed by atoms with van der Waals surface area (Å²) in [6.07, 6.45) is 0. The lowest BCUT2D eigenvalue weighted by atomic mass is 10.1. The van der Waals surface area contributed by atoms with E-state index in [1.807, 2.05) is 30.3 Å². The molecule has 0 heterocycles. The van der Waals surface area contributed by atoms with Crippen LogP contribution in [0, 0.1) is 0 Å². The summed E-state index contributed by atoms with van der Waals surface area (Å²) in [5.41, 5.74) is 1.12. The lowest BCUT2D eigenvalue weighted by molar-refractivity contribution is -0.123. The Labute approximate surface area is 137 Å². The van der Waals surface area contributed by atoms with Gasteiger partial charge in [0, 0.05) is 11.6 Å². The number of hydrogen-bond acceptors (Lipinski definition) is 2. The Kier molecular flexibility index (Phi) is 6.08. The summed E-state index contributed by atoms with van der Waals surface area (Å²) in [7, 11) is 0. The van der Waals surface area contributed by atoms with Gasteiger partial charge in [-0.1, -0.05) is 57.9 Å². The number of amides is 1. The van der Waals surface area contributed by atoms with Gasteiger partial charge in [-0.2, -0.15) is 0 Å². The molecule has 2 aromatic rings. The molecular weight excluding hydrogens is 354 g/mol. The quantitative estimate of drug-likeness (QED) is 0.784. The Balaban J connectivity index is 1.73. The molecular formula is C16H15BrClNO2. The number of nitrogens with one attached hydrogen (secondary N) is 1. The highest BCUT2D eigenvalue weighted by Gasteiger charge is 2.09. The summed E-state index contributed by atoms with van der Waals surface area (Å²) in [6, 6.07) is 16.8. The molecule has 2 aromatic carbocycles. The second-order valence-corrected chi connectivity index (χ2v) is 5.97. The van der Waals surface area contributed by atoms with Crippen LogP contribution in [0.25, 0.3) is 0 Å². The molecule has 3 nitrogen and oxygen atoms in total. The molecule has 1 unspecified atom stereocenters. The van der Waals surface area contributed by atoms with Crippen molar-refractivity contribution in [2.75, 3.05) is 13.2 Å². The van der Waals surface area contributed by atoms with E-state index in [4.69, 9.17) is 16.3 Å². The van der Waals surface area contributed by atoms with Crippen LogP contribution in [-0.4, -0.2) is 19.1 Å². The molecule has 0 saturated heterocycles. The van der Waals surface area contributed by atoms with Crippen LogP contribution in [0.1, 0.15) is 10.4 Å². The number of carbonyl (C=O) groups is 1. The fraction of sp³-hybridized carbons (Fsp3) is 0.188. The van der Waals surface area contributed by atoms with Gasteiger partial charge >= 0.3 is 0 Å². The molecule has 1 N–H and O–H groups in total. The Morgan fingerprint density at radius 1 is 1.14 bits per heavy atom. The highest BCUT2D eigenvalue weighted by atomic mass is 79.9. The third-order valence-corrected chi connectivity index (χ3v) is 3.93. The summed E-state index contributed by atoms with van der Waals surface area (Å²) in [5, 5.41) is 3.46. The summed E-state index contributed by atoms with van der Waals surface area (Å²) in [6.45, 7) is 0.489. The van der Waals surface area contributed by atoms with Crippen molar-refractivity contribution in [3.05, 3.63) is 65.2 Å². The molecule has 0 fully saturated rings. The van der Waals surface area contributed by atoms with E-state index in [0.717, 1.165) is 5.56 Å². The minimum absolute atomic E-state index is 0.0177. The standard InChI is InChI=1S/C16H15BrClNO2/c17-15(12-4-2-1-3-5-12)10-19-16(20)11-21-14-8-6-13(18)7-9-14/h1-9,15H,10-11H2,(H,19,20). The Hall–Kier alpha value is -1.52. The lowest BCUT2D eigenvalue weighted by Crippen LogP contribution is -2.31. The van der Waals surface area contributed by atoms with E-state index in [1.165, 1.54) is 0 Å². The third-order valence-electron chi connectivity index (χ3n) is 2.82. The van der Waals surface area contributed by atoms with Crippen molar-refractivity contribution in [3.63, 3.8) is 0 Å². The van der Waals surface area contributed by atoms with Gasteiger partial charge in [0.05, 0.1) is 4.83 Å². The maximum Gasteiger partial charge on any atom is 0.257 e. The zero-order valence-electron chi connectivity index (χ0n) is 11.3. The zero-order chi connectivity index (χ0) is 15.1. The molecule has 5 heteroatoms. The summed E-state index contributed by atoms with van der Waals surface area (Å²) < 4.78 is 5.37. The minimum Gasteiger partial charge on any atom is -0.484 e. The van der Waals surface area contributed by atoms with Gasteiger partial charge < -0.3 is 10.1 Å². The molecule has 1 amide bonds. The van der Waals surface area contributed by atoms with Crippen LogP contribution in [-0.2, 0) is 4.79 Å². The highest BCUT2D eigenvalue weighted by molar-refractivity contribution is 9.09. The van der Waals surface area contributed by atoms with Crippen molar-refractivity contribution in [2.45, 2.75) is 4.83 Å².